The third kappa shape index (κ3) is 8.75. The molecule has 0 unspecified atom stereocenters. The van der Waals surface area contributed by atoms with Crippen LogP contribution in [0.1, 0.15) is 43.6 Å². The van der Waals surface area contributed by atoms with Gasteiger partial charge in [-0.15, -0.1) is 0 Å². The molecule has 0 amide bonds. The van der Waals surface area contributed by atoms with E-state index in [4.69, 9.17) is 29.2 Å². The van der Waals surface area contributed by atoms with Crippen LogP contribution in [0.15, 0.2) is 66.8 Å². The molecule has 0 radical (unpaired) electrons. The number of benzene rings is 2. The van der Waals surface area contributed by atoms with E-state index in [0.717, 1.165) is 11.1 Å². The van der Waals surface area contributed by atoms with Gasteiger partial charge in [0.15, 0.2) is 0 Å². The van der Waals surface area contributed by atoms with E-state index in [1.807, 2.05) is 12.1 Å². The molecule has 0 bridgehead atoms. The second-order valence-corrected chi connectivity index (χ2v) is 9.14. The fourth-order valence-corrected chi connectivity index (χ4v) is 4.21. The lowest BCUT2D eigenvalue weighted by molar-refractivity contribution is -0.141. The van der Waals surface area contributed by atoms with Crippen molar-refractivity contribution in [2.24, 2.45) is 0 Å². The van der Waals surface area contributed by atoms with E-state index in [2.05, 4.69) is 37.4 Å². The zero-order valence-electron chi connectivity index (χ0n) is 21.7. The quantitative estimate of drug-likeness (QED) is 0.213. The third-order valence-corrected chi connectivity index (χ3v) is 6.33. The van der Waals surface area contributed by atoms with E-state index < -0.39 is 25.2 Å². The maximum absolute atomic E-state index is 11.7. The highest BCUT2D eigenvalue weighted by Gasteiger charge is 2.16. The van der Waals surface area contributed by atoms with Crippen molar-refractivity contribution in [3.8, 4) is 22.6 Å². The topological polar surface area (TPSA) is 112 Å². The first kappa shape index (κ1) is 28.9. The molecule has 1 aliphatic rings. The monoisotopic (exact) mass is 524 g/mol. The molecule has 204 valence electrons. The second-order valence-electron chi connectivity index (χ2n) is 9.14. The molecule has 0 aliphatic heterocycles. The number of ether oxygens (including phenoxy) is 4. The Balaban J connectivity index is 1.68. The minimum atomic E-state index is -0.676. The fourth-order valence-electron chi connectivity index (χ4n) is 4.21. The summed E-state index contributed by atoms with van der Waals surface area (Å²) in [6.07, 6.45) is 6.33. The molecular formula is C30H36O8. The van der Waals surface area contributed by atoms with Crippen LogP contribution in [-0.2, 0) is 19.1 Å². The molecule has 2 N–H and O–H groups in total. The van der Waals surface area contributed by atoms with Crippen LogP contribution in [0.3, 0.4) is 0 Å². The predicted molar refractivity (Wildman–Crippen MR) is 143 cm³/mol. The van der Waals surface area contributed by atoms with Crippen molar-refractivity contribution in [3.63, 3.8) is 0 Å². The smallest absolute Gasteiger partial charge is 0.335 e. The van der Waals surface area contributed by atoms with Gasteiger partial charge in [0, 0.05) is 6.07 Å². The van der Waals surface area contributed by atoms with Gasteiger partial charge in [-0.1, -0.05) is 56.7 Å². The lowest BCUT2D eigenvalue weighted by Crippen LogP contribution is -2.15. The number of esters is 2. The van der Waals surface area contributed by atoms with Crippen molar-refractivity contribution in [1.29, 1.82) is 0 Å². The van der Waals surface area contributed by atoms with Crippen molar-refractivity contribution in [2.75, 3.05) is 39.6 Å². The number of carbonyl (C=O) groups is 2. The molecule has 1 saturated carbocycles. The van der Waals surface area contributed by atoms with E-state index in [0.29, 0.717) is 17.4 Å². The molecule has 0 aromatic heterocycles. The van der Waals surface area contributed by atoms with Gasteiger partial charge in [0.2, 0.25) is 0 Å². The SMILES string of the molecule is C=C(CO)C(=O)OCCOc1cc(OCCOC(=O)C(=C)CO)cc(-c2ccc(C3CCCCC3)cc2)c1. The molecule has 1 aliphatic carbocycles. The molecule has 3 rings (SSSR count). The molecule has 0 atom stereocenters. The Labute approximate surface area is 223 Å². The summed E-state index contributed by atoms with van der Waals surface area (Å²) in [6.45, 7) is 6.09. The summed E-state index contributed by atoms with van der Waals surface area (Å²) in [5, 5.41) is 17.9. The van der Waals surface area contributed by atoms with Gasteiger partial charge in [0.05, 0.1) is 24.4 Å². The molecule has 1 fully saturated rings. The highest BCUT2D eigenvalue weighted by atomic mass is 16.6. The number of hydrogen-bond acceptors (Lipinski definition) is 8. The van der Waals surface area contributed by atoms with E-state index in [-0.39, 0.29) is 37.6 Å². The van der Waals surface area contributed by atoms with E-state index >= 15 is 0 Å². The first-order valence-corrected chi connectivity index (χ1v) is 12.8. The average molecular weight is 525 g/mol. The highest BCUT2D eigenvalue weighted by Crippen LogP contribution is 2.35. The molecule has 0 saturated heterocycles. The second kappa shape index (κ2) is 15.0. The Kier molecular flexibility index (Phi) is 11.4. The minimum Gasteiger partial charge on any atom is -0.490 e. The van der Waals surface area contributed by atoms with Crippen LogP contribution in [0.4, 0.5) is 0 Å². The standard InChI is InChI=1S/C30H36O8/c1-21(19-31)29(33)37-14-12-35-27-16-26(17-28(18-27)36-13-15-38-30(34)22(2)20-32)25-10-8-24(9-11-25)23-6-4-3-5-7-23/h8-11,16-18,23,31-32H,1-7,12-15,19-20H2. The van der Waals surface area contributed by atoms with Gasteiger partial charge in [-0.3, -0.25) is 0 Å². The summed E-state index contributed by atoms with van der Waals surface area (Å²) in [5.41, 5.74) is 3.18. The lowest BCUT2D eigenvalue weighted by Gasteiger charge is -2.22. The largest absolute Gasteiger partial charge is 0.490 e. The van der Waals surface area contributed by atoms with Crippen molar-refractivity contribution in [1.82, 2.24) is 0 Å². The van der Waals surface area contributed by atoms with Crippen LogP contribution in [-0.4, -0.2) is 61.8 Å². The van der Waals surface area contributed by atoms with Crippen molar-refractivity contribution < 1.29 is 38.7 Å². The van der Waals surface area contributed by atoms with Crippen molar-refractivity contribution in [3.05, 3.63) is 72.3 Å². The number of aliphatic hydroxyl groups is 2. The van der Waals surface area contributed by atoms with Crippen molar-refractivity contribution in [2.45, 2.75) is 38.0 Å². The minimum absolute atomic E-state index is 0.0148. The number of hydrogen-bond donors (Lipinski definition) is 2. The molecule has 2 aromatic carbocycles. The van der Waals surface area contributed by atoms with E-state index in [1.54, 1.807) is 6.07 Å². The van der Waals surface area contributed by atoms with Gasteiger partial charge in [0.25, 0.3) is 0 Å². The summed E-state index contributed by atoms with van der Waals surface area (Å²) in [7, 11) is 0. The Bertz CT molecular complexity index is 1050. The van der Waals surface area contributed by atoms with E-state index in [9.17, 15) is 9.59 Å². The van der Waals surface area contributed by atoms with Gasteiger partial charge in [-0.25, -0.2) is 9.59 Å². The summed E-state index contributed by atoms with van der Waals surface area (Å²) >= 11 is 0. The lowest BCUT2D eigenvalue weighted by atomic mass is 9.84. The van der Waals surface area contributed by atoms with Gasteiger partial charge in [0.1, 0.15) is 37.9 Å². The Morgan fingerprint density at radius 2 is 1.21 bits per heavy atom. The first-order chi connectivity index (χ1) is 18.4. The molecule has 0 heterocycles. The Hall–Kier alpha value is -3.62. The Morgan fingerprint density at radius 3 is 1.68 bits per heavy atom. The molecule has 8 heteroatoms. The molecule has 0 spiro atoms. The maximum atomic E-state index is 11.7. The summed E-state index contributed by atoms with van der Waals surface area (Å²) in [6, 6.07) is 14.0. The zero-order chi connectivity index (χ0) is 27.3. The van der Waals surface area contributed by atoms with E-state index in [1.165, 1.54) is 37.7 Å². The summed E-state index contributed by atoms with van der Waals surface area (Å²) in [5.74, 6) is 0.282. The van der Waals surface area contributed by atoms with Crippen LogP contribution in [0.2, 0.25) is 0 Å². The third-order valence-electron chi connectivity index (χ3n) is 6.33. The Morgan fingerprint density at radius 1 is 0.711 bits per heavy atom. The van der Waals surface area contributed by atoms with Crippen LogP contribution in [0.5, 0.6) is 11.5 Å². The zero-order valence-corrected chi connectivity index (χ0v) is 21.7. The maximum Gasteiger partial charge on any atom is 0.335 e. The molecule has 2 aromatic rings. The van der Waals surface area contributed by atoms with Gasteiger partial charge < -0.3 is 29.2 Å². The number of aliphatic hydroxyl groups excluding tert-OH is 2. The first-order valence-electron chi connectivity index (χ1n) is 12.8. The van der Waals surface area contributed by atoms with Crippen LogP contribution < -0.4 is 9.47 Å². The average Bonchev–Trinajstić information content (AvgIpc) is 2.96. The van der Waals surface area contributed by atoms with Crippen LogP contribution in [0, 0.1) is 0 Å². The normalized spacial score (nSPS) is 13.4. The van der Waals surface area contributed by atoms with Gasteiger partial charge >= 0.3 is 11.9 Å². The molecule has 8 nitrogen and oxygen atoms in total. The molecular weight excluding hydrogens is 488 g/mol. The van der Waals surface area contributed by atoms with Crippen molar-refractivity contribution >= 4 is 11.9 Å². The van der Waals surface area contributed by atoms with Crippen LogP contribution in [0.25, 0.3) is 11.1 Å². The summed E-state index contributed by atoms with van der Waals surface area (Å²) in [4.78, 5) is 23.3. The number of carbonyl (C=O) groups excluding carboxylic acids is 2. The highest BCUT2D eigenvalue weighted by molar-refractivity contribution is 5.88. The molecule has 38 heavy (non-hydrogen) atoms. The number of rotatable bonds is 14. The predicted octanol–water partition coefficient (Wildman–Crippen LogP) is 4.34. The summed E-state index contributed by atoms with van der Waals surface area (Å²) < 4.78 is 21.7. The fraction of sp³-hybridized carbons (Fsp3) is 0.400. The van der Waals surface area contributed by atoms with Gasteiger partial charge in [-0.05, 0) is 47.6 Å². The van der Waals surface area contributed by atoms with Gasteiger partial charge in [-0.2, -0.15) is 0 Å². The van der Waals surface area contributed by atoms with Crippen LogP contribution >= 0.6 is 0 Å².